The van der Waals surface area contributed by atoms with Gasteiger partial charge in [-0.15, -0.1) is 0 Å². The monoisotopic (exact) mass is 300 g/mol. The molecule has 3 aromatic rings. The number of carboxylic acid groups (broad SMARTS) is 1. The number of fused-ring (bicyclic) bond motifs is 1. The minimum absolute atomic E-state index is 0.0229. The molecule has 0 radical (unpaired) electrons. The highest BCUT2D eigenvalue weighted by Gasteiger charge is 2.22. The molecule has 0 saturated heterocycles. The molecule has 0 bridgehead atoms. The maximum atomic E-state index is 11.2. The molecule has 0 unspecified atom stereocenters. The lowest BCUT2D eigenvalue weighted by Gasteiger charge is -2.09. The zero-order chi connectivity index (χ0) is 15.7. The fraction of sp³-hybridized carbons (Fsp3) is 0. The van der Waals surface area contributed by atoms with E-state index >= 15 is 0 Å². The summed E-state index contributed by atoms with van der Waals surface area (Å²) < 4.78 is 4.58. The Labute approximate surface area is 122 Å². The van der Waals surface area contributed by atoms with Crippen LogP contribution in [0.1, 0.15) is 10.4 Å². The third-order valence-electron chi connectivity index (χ3n) is 3.02. The molecule has 0 amide bonds. The Hall–Kier alpha value is -3.49. The van der Waals surface area contributed by atoms with E-state index in [9.17, 15) is 20.0 Å². The molecule has 2 aromatic carbocycles. The lowest BCUT2D eigenvalue weighted by atomic mass is 10.1. The number of nitro groups is 1. The van der Waals surface area contributed by atoms with Gasteiger partial charge in [-0.2, -0.15) is 0 Å². The van der Waals surface area contributed by atoms with E-state index in [2.05, 4.69) is 20.3 Å². The summed E-state index contributed by atoms with van der Waals surface area (Å²) >= 11 is 0. The minimum Gasteiger partial charge on any atom is -0.478 e. The van der Waals surface area contributed by atoms with Crippen molar-refractivity contribution in [3.63, 3.8) is 0 Å². The number of benzene rings is 2. The van der Waals surface area contributed by atoms with E-state index in [1.807, 2.05) is 0 Å². The summed E-state index contributed by atoms with van der Waals surface area (Å²) in [5.74, 6) is -1.16. The molecule has 0 aliphatic carbocycles. The predicted octanol–water partition coefficient (Wildman–Crippen LogP) is 2.57. The van der Waals surface area contributed by atoms with Gasteiger partial charge in [0.1, 0.15) is 11.2 Å². The Morgan fingerprint density at radius 2 is 2.00 bits per heavy atom. The molecule has 0 aliphatic heterocycles. The Morgan fingerprint density at radius 3 is 2.73 bits per heavy atom. The fourth-order valence-electron chi connectivity index (χ4n) is 2.03. The summed E-state index contributed by atoms with van der Waals surface area (Å²) in [5, 5.41) is 30.3. The first kappa shape index (κ1) is 13.5. The number of nitrogens with zero attached hydrogens (tertiary/aromatic N) is 3. The van der Waals surface area contributed by atoms with Crippen molar-refractivity contribution in [2.24, 2.45) is 0 Å². The maximum Gasteiger partial charge on any atom is 0.337 e. The number of aromatic nitrogens is 2. The van der Waals surface area contributed by atoms with Gasteiger partial charge in [0, 0.05) is 6.07 Å². The molecule has 9 nitrogen and oxygen atoms in total. The predicted molar refractivity (Wildman–Crippen MR) is 75.1 cm³/mol. The highest BCUT2D eigenvalue weighted by atomic mass is 16.6. The summed E-state index contributed by atoms with van der Waals surface area (Å²) in [6.07, 6.45) is 0. The molecule has 0 saturated carbocycles. The normalized spacial score (nSPS) is 10.5. The Bertz CT molecular complexity index is 889. The van der Waals surface area contributed by atoms with Gasteiger partial charge in [-0.1, -0.05) is 12.1 Å². The van der Waals surface area contributed by atoms with Gasteiger partial charge in [0.15, 0.2) is 5.52 Å². The molecule has 1 heterocycles. The summed E-state index contributed by atoms with van der Waals surface area (Å²) in [4.78, 5) is 21.8. The van der Waals surface area contributed by atoms with E-state index in [0.29, 0.717) is 5.52 Å². The SMILES string of the molecule is O=C(O)c1ccccc1Nc1c([N+](=O)[O-])ccc2nonc12. The molecule has 110 valence electrons. The average molecular weight is 300 g/mol. The highest BCUT2D eigenvalue weighted by molar-refractivity contribution is 5.99. The zero-order valence-corrected chi connectivity index (χ0v) is 10.9. The van der Waals surface area contributed by atoms with Crippen LogP contribution in [0.3, 0.4) is 0 Å². The van der Waals surface area contributed by atoms with Gasteiger partial charge in [0.2, 0.25) is 0 Å². The van der Waals surface area contributed by atoms with Crippen LogP contribution in [0.15, 0.2) is 41.0 Å². The number of nitro benzene ring substituents is 1. The topological polar surface area (TPSA) is 131 Å². The second kappa shape index (κ2) is 5.13. The van der Waals surface area contributed by atoms with E-state index in [0.717, 1.165) is 0 Å². The van der Waals surface area contributed by atoms with Gasteiger partial charge in [0.05, 0.1) is 16.2 Å². The largest absolute Gasteiger partial charge is 0.478 e. The number of carbonyl (C=O) groups is 1. The van der Waals surface area contributed by atoms with Crippen LogP contribution in [0, 0.1) is 10.1 Å². The van der Waals surface area contributed by atoms with E-state index in [1.54, 1.807) is 12.1 Å². The minimum atomic E-state index is -1.16. The van der Waals surface area contributed by atoms with Crippen molar-refractivity contribution in [2.45, 2.75) is 0 Å². The third-order valence-corrected chi connectivity index (χ3v) is 3.02. The van der Waals surface area contributed by atoms with E-state index in [1.165, 1.54) is 24.3 Å². The van der Waals surface area contributed by atoms with Gasteiger partial charge in [-0.25, -0.2) is 9.42 Å². The Morgan fingerprint density at radius 1 is 1.23 bits per heavy atom. The first-order valence-corrected chi connectivity index (χ1v) is 6.07. The van der Waals surface area contributed by atoms with Crippen molar-refractivity contribution in [3.05, 3.63) is 52.1 Å². The van der Waals surface area contributed by atoms with Crippen molar-refractivity contribution >= 4 is 34.1 Å². The van der Waals surface area contributed by atoms with Crippen molar-refractivity contribution in [1.29, 1.82) is 0 Å². The molecule has 22 heavy (non-hydrogen) atoms. The van der Waals surface area contributed by atoms with Crippen LogP contribution in [0.25, 0.3) is 11.0 Å². The van der Waals surface area contributed by atoms with Crippen LogP contribution in [-0.4, -0.2) is 26.3 Å². The molecular weight excluding hydrogens is 292 g/mol. The van der Waals surface area contributed by atoms with Crippen LogP contribution >= 0.6 is 0 Å². The van der Waals surface area contributed by atoms with Crippen molar-refractivity contribution in [3.8, 4) is 0 Å². The van der Waals surface area contributed by atoms with Crippen LogP contribution in [-0.2, 0) is 0 Å². The van der Waals surface area contributed by atoms with Crippen LogP contribution < -0.4 is 5.32 Å². The molecular formula is C13H8N4O5. The Kier molecular flexibility index (Phi) is 3.14. The number of para-hydroxylation sites is 1. The molecule has 0 spiro atoms. The summed E-state index contributed by atoms with van der Waals surface area (Å²) in [6, 6.07) is 8.71. The quantitative estimate of drug-likeness (QED) is 0.555. The number of aromatic carboxylic acids is 1. The lowest BCUT2D eigenvalue weighted by molar-refractivity contribution is -0.383. The molecule has 9 heteroatoms. The number of carboxylic acids is 1. The average Bonchev–Trinajstić information content (AvgIpc) is 2.96. The Balaban J connectivity index is 2.18. The summed E-state index contributed by atoms with van der Waals surface area (Å²) in [7, 11) is 0. The fourth-order valence-corrected chi connectivity index (χ4v) is 2.03. The number of hydrogen-bond acceptors (Lipinski definition) is 7. The van der Waals surface area contributed by atoms with Crippen LogP contribution in [0.4, 0.5) is 17.1 Å². The van der Waals surface area contributed by atoms with Gasteiger partial charge < -0.3 is 10.4 Å². The van der Waals surface area contributed by atoms with E-state index in [4.69, 9.17) is 0 Å². The standard InChI is InChI=1S/C13H8N4O5/c18-13(19)7-3-1-2-4-8(7)14-12-10(17(20)21)6-5-9-11(12)16-22-15-9/h1-6,14H,(H,18,19). The van der Waals surface area contributed by atoms with Gasteiger partial charge in [0.25, 0.3) is 5.69 Å². The second-order valence-electron chi connectivity index (χ2n) is 4.32. The van der Waals surface area contributed by atoms with Crippen LogP contribution in [0.5, 0.6) is 0 Å². The van der Waals surface area contributed by atoms with Crippen molar-refractivity contribution in [1.82, 2.24) is 10.3 Å². The van der Waals surface area contributed by atoms with Gasteiger partial charge in [-0.3, -0.25) is 10.1 Å². The summed E-state index contributed by atoms with van der Waals surface area (Å²) in [5.41, 5.74) is 0.412. The van der Waals surface area contributed by atoms with Crippen molar-refractivity contribution < 1.29 is 19.5 Å². The molecule has 0 atom stereocenters. The highest BCUT2D eigenvalue weighted by Crippen LogP contribution is 2.34. The van der Waals surface area contributed by atoms with E-state index < -0.39 is 10.9 Å². The molecule has 0 fully saturated rings. The third kappa shape index (κ3) is 2.20. The molecule has 0 aliphatic rings. The maximum absolute atomic E-state index is 11.2. The number of nitrogens with one attached hydrogen (secondary N) is 1. The van der Waals surface area contributed by atoms with Gasteiger partial charge >= 0.3 is 5.97 Å². The zero-order valence-electron chi connectivity index (χ0n) is 10.9. The molecule has 1 aromatic heterocycles. The second-order valence-corrected chi connectivity index (χ2v) is 4.32. The molecule has 2 N–H and O–H groups in total. The lowest BCUT2D eigenvalue weighted by Crippen LogP contribution is -2.04. The summed E-state index contributed by atoms with van der Waals surface area (Å²) in [6.45, 7) is 0. The van der Waals surface area contributed by atoms with Crippen molar-refractivity contribution in [2.75, 3.05) is 5.32 Å². The van der Waals surface area contributed by atoms with Gasteiger partial charge in [-0.05, 0) is 28.5 Å². The van der Waals surface area contributed by atoms with E-state index in [-0.39, 0.29) is 28.1 Å². The smallest absolute Gasteiger partial charge is 0.337 e. The first-order chi connectivity index (χ1) is 10.6. The number of rotatable bonds is 4. The number of hydrogen-bond donors (Lipinski definition) is 2. The van der Waals surface area contributed by atoms with Crippen LogP contribution in [0.2, 0.25) is 0 Å². The number of anilines is 2. The first-order valence-electron chi connectivity index (χ1n) is 6.07. The molecule has 3 rings (SSSR count).